The van der Waals surface area contributed by atoms with Crippen LogP contribution in [0.4, 0.5) is 0 Å². The second-order valence-corrected chi connectivity index (χ2v) is 4.79. The molecule has 0 aliphatic heterocycles. The van der Waals surface area contributed by atoms with Crippen LogP contribution in [-0.2, 0) is 0 Å². The Labute approximate surface area is 114 Å². The molecule has 0 atom stereocenters. The predicted molar refractivity (Wildman–Crippen MR) is 72.3 cm³/mol. The van der Waals surface area contributed by atoms with Crippen molar-refractivity contribution < 1.29 is 4.79 Å². The van der Waals surface area contributed by atoms with Crippen molar-refractivity contribution in [1.29, 1.82) is 0 Å². The summed E-state index contributed by atoms with van der Waals surface area (Å²) in [4.78, 5) is 10.8. The van der Waals surface area contributed by atoms with E-state index in [0.717, 1.165) is 17.4 Å². The zero-order valence-electron chi connectivity index (χ0n) is 8.58. The molecule has 2 aromatic rings. The van der Waals surface area contributed by atoms with Crippen molar-refractivity contribution in [3.63, 3.8) is 0 Å². The van der Waals surface area contributed by atoms with E-state index in [1.165, 1.54) is 0 Å². The van der Waals surface area contributed by atoms with Crippen molar-refractivity contribution in [3.8, 4) is 11.1 Å². The SMILES string of the molecule is O=Cc1cc(-c2cc(Cl)cc(Cl)c2)ccc1Cl. The largest absolute Gasteiger partial charge is 0.298 e. The minimum absolute atomic E-state index is 0.428. The van der Waals surface area contributed by atoms with Gasteiger partial charge in [-0.05, 0) is 41.5 Å². The van der Waals surface area contributed by atoms with Gasteiger partial charge in [0.15, 0.2) is 6.29 Å². The van der Waals surface area contributed by atoms with Gasteiger partial charge in [0.2, 0.25) is 0 Å². The van der Waals surface area contributed by atoms with Crippen molar-refractivity contribution >= 4 is 41.1 Å². The van der Waals surface area contributed by atoms with E-state index < -0.39 is 0 Å². The fourth-order valence-electron chi connectivity index (χ4n) is 1.53. The van der Waals surface area contributed by atoms with Crippen LogP contribution in [0, 0.1) is 0 Å². The molecule has 0 aliphatic carbocycles. The van der Waals surface area contributed by atoms with E-state index in [4.69, 9.17) is 34.8 Å². The maximum absolute atomic E-state index is 10.8. The Kier molecular flexibility index (Phi) is 3.72. The van der Waals surface area contributed by atoms with Crippen molar-refractivity contribution in [2.75, 3.05) is 0 Å². The molecule has 0 unspecified atom stereocenters. The number of rotatable bonds is 2. The molecule has 0 saturated carbocycles. The Morgan fingerprint density at radius 3 is 2.06 bits per heavy atom. The Morgan fingerprint density at radius 2 is 1.47 bits per heavy atom. The highest BCUT2D eigenvalue weighted by Crippen LogP contribution is 2.29. The van der Waals surface area contributed by atoms with Gasteiger partial charge in [-0.3, -0.25) is 4.79 Å². The predicted octanol–water partition coefficient (Wildman–Crippen LogP) is 5.13. The number of carbonyl (C=O) groups excluding carboxylic acids is 1. The van der Waals surface area contributed by atoms with Crippen LogP contribution in [0.25, 0.3) is 11.1 Å². The van der Waals surface area contributed by atoms with E-state index in [2.05, 4.69) is 0 Å². The Balaban J connectivity index is 2.56. The quantitative estimate of drug-likeness (QED) is 0.699. The second-order valence-electron chi connectivity index (χ2n) is 3.51. The molecule has 2 aromatic carbocycles. The normalized spacial score (nSPS) is 10.3. The molecule has 17 heavy (non-hydrogen) atoms. The molecular weight excluding hydrogens is 279 g/mol. The summed E-state index contributed by atoms with van der Waals surface area (Å²) in [5, 5.41) is 1.53. The molecule has 4 heteroatoms. The van der Waals surface area contributed by atoms with Gasteiger partial charge in [-0.25, -0.2) is 0 Å². The molecule has 0 spiro atoms. The van der Waals surface area contributed by atoms with E-state index in [1.807, 2.05) is 6.07 Å². The first kappa shape index (κ1) is 12.4. The van der Waals surface area contributed by atoms with Crippen molar-refractivity contribution in [3.05, 3.63) is 57.0 Å². The van der Waals surface area contributed by atoms with Crippen molar-refractivity contribution in [1.82, 2.24) is 0 Å². The number of aldehydes is 1. The zero-order chi connectivity index (χ0) is 12.4. The van der Waals surface area contributed by atoms with Gasteiger partial charge in [0, 0.05) is 15.6 Å². The molecule has 1 nitrogen and oxygen atoms in total. The van der Waals surface area contributed by atoms with E-state index in [9.17, 15) is 4.79 Å². The van der Waals surface area contributed by atoms with Crippen LogP contribution in [-0.4, -0.2) is 6.29 Å². The molecule has 0 bridgehead atoms. The lowest BCUT2D eigenvalue weighted by Crippen LogP contribution is -1.85. The van der Waals surface area contributed by atoms with Gasteiger partial charge in [-0.1, -0.05) is 40.9 Å². The van der Waals surface area contributed by atoms with E-state index in [0.29, 0.717) is 20.6 Å². The van der Waals surface area contributed by atoms with Crippen LogP contribution < -0.4 is 0 Å². The van der Waals surface area contributed by atoms with Gasteiger partial charge in [0.05, 0.1) is 5.02 Å². The third-order valence-corrected chi connectivity index (χ3v) is 3.10. The van der Waals surface area contributed by atoms with Crippen LogP contribution in [0.1, 0.15) is 10.4 Å². The van der Waals surface area contributed by atoms with Crippen molar-refractivity contribution in [2.24, 2.45) is 0 Å². The van der Waals surface area contributed by atoms with Crippen LogP contribution in [0.2, 0.25) is 15.1 Å². The highest BCUT2D eigenvalue weighted by molar-refractivity contribution is 6.35. The lowest BCUT2D eigenvalue weighted by Gasteiger charge is -2.05. The van der Waals surface area contributed by atoms with E-state index in [1.54, 1.807) is 30.3 Å². The highest BCUT2D eigenvalue weighted by Gasteiger charge is 2.05. The van der Waals surface area contributed by atoms with Crippen LogP contribution in [0.3, 0.4) is 0 Å². The molecule has 0 N–H and O–H groups in total. The fourth-order valence-corrected chi connectivity index (χ4v) is 2.22. The Morgan fingerprint density at radius 1 is 0.824 bits per heavy atom. The Hall–Kier alpha value is -1.02. The maximum atomic E-state index is 10.8. The number of halogens is 3. The standard InChI is InChI=1S/C13H7Cl3O/c14-11-4-9(5-12(15)6-11)8-1-2-13(16)10(3-8)7-17/h1-7H. The summed E-state index contributed by atoms with van der Waals surface area (Å²) in [5.74, 6) is 0. The highest BCUT2D eigenvalue weighted by atomic mass is 35.5. The summed E-state index contributed by atoms with van der Waals surface area (Å²) >= 11 is 17.7. The molecule has 0 amide bonds. The number of benzene rings is 2. The summed E-state index contributed by atoms with van der Waals surface area (Å²) in [6, 6.07) is 10.4. The molecule has 0 aliphatic rings. The first-order chi connectivity index (χ1) is 8.10. The Bertz CT molecular complexity index is 559. The summed E-state index contributed by atoms with van der Waals surface area (Å²) in [6.07, 6.45) is 0.720. The van der Waals surface area contributed by atoms with Gasteiger partial charge in [0.1, 0.15) is 0 Å². The number of hydrogen-bond donors (Lipinski definition) is 0. The van der Waals surface area contributed by atoms with Gasteiger partial charge >= 0.3 is 0 Å². The second kappa shape index (κ2) is 5.09. The lowest BCUT2D eigenvalue weighted by atomic mass is 10.0. The average Bonchev–Trinajstić information content (AvgIpc) is 2.28. The summed E-state index contributed by atoms with van der Waals surface area (Å²) in [5.41, 5.74) is 2.14. The zero-order valence-corrected chi connectivity index (χ0v) is 10.9. The van der Waals surface area contributed by atoms with Gasteiger partial charge in [-0.2, -0.15) is 0 Å². The monoisotopic (exact) mass is 284 g/mol. The molecule has 0 aromatic heterocycles. The van der Waals surface area contributed by atoms with E-state index >= 15 is 0 Å². The summed E-state index contributed by atoms with van der Waals surface area (Å²) in [7, 11) is 0. The first-order valence-electron chi connectivity index (χ1n) is 4.81. The van der Waals surface area contributed by atoms with E-state index in [-0.39, 0.29) is 0 Å². The smallest absolute Gasteiger partial charge is 0.151 e. The van der Waals surface area contributed by atoms with Crippen LogP contribution in [0.15, 0.2) is 36.4 Å². The lowest BCUT2D eigenvalue weighted by molar-refractivity contribution is 0.112. The fraction of sp³-hybridized carbons (Fsp3) is 0. The van der Waals surface area contributed by atoms with Gasteiger partial charge in [-0.15, -0.1) is 0 Å². The molecule has 0 heterocycles. The molecule has 0 radical (unpaired) electrons. The summed E-state index contributed by atoms with van der Waals surface area (Å²) in [6.45, 7) is 0. The summed E-state index contributed by atoms with van der Waals surface area (Å²) < 4.78 is 0. The minimum Gasteiger partial charge on any atom is -0.298 e. The average molecular weight is 286 g/mol. The third-order valence-electron chi connectivity index (χ3n) is 2.32. The molecule has 2 rings (SSSR count). The maximum Gasteiger partial charge on any atom is 0.151 e. The van der Waals surface area contributed by atoms with Gasteiger partial charge in [0.25, 0.3) is 0 Å². The number of hydrogen-bond acceptors (Lipinski definition) is 1. The third kappa shape index (κ3) is 2.81. The molecule has 86 valence electrons. The van der Waals surface area contributed by atoms with Gasteiger partial charge < -0.3 is 0 Å². The molecule has 0 saturated heterocycles. The topological polar surface area (TPSA) is 17.1 Å². The van der Waals surface area contributed by atoms with Crippen LogP contribution in [0.5, 0.6) is 0 Å². The number of carbonyl (C=O) groups is 1. The first-order valence-corrected chi connectivity index (χ1v) is 5.95. The van der Waals surface area contributed by atoms with Crippen molar-refractivity contribution in [2.45, 2.75) is 0 Å². The molecule has 0 fully saturated rings. The minimum atomic E-state index is 0.428. The van der Waals surface area contributed by atoms with Crippen LogP contribution >= 0.6 is 34.8 Å². The molecular formula is C13H7Cl3O.